The largest absolute Gasteiger partial charge is 0.507 e. The van der Waals surface area contributed by atoms with Gasteiger partial charge in [0.15, 0.2) is 5.70 Å². The molecular formula is C23H24N4O3. The molecule has 1 aromatic heterocycles. The zero-order valence-corrected chi connectivity index (χ0v) is 16.9. The van der Waals surface area contributed by atoms with Gasteiger partial charge in [0.25, 0.3) is 5.91 Å². The molecule has 0 saturated carbocycles. The first-order valence-corrected chi connectivity index (χ1v) is 10.2. The fraction of sp³-hybridized carbons (Fsp3) is 0.348. The lowest BCUT2D eigenvalue weighted by molar-refractivity contribution is -0.132. The Morgan fingerprint density at radius 3 is 2.83 bits per heavy atom. The number of rotatable bonds is 1. The van der Waals surface area contributed by atoms with Crippen molar-refractivity contribution in [2.24, 2.45) is 5.10 Å². The highest BCUT2D eigenvalue weighted by Crippen LogP contribution is 2.40. The predicted octanol–water partition coefficient (Wildman–Crippen LogP) is 2.24. The fourth-order valence-corrected chi connectivity index (χ4v) is 4.74. The monoisotopic (exact) mass is 404 g/mol. The standard InChI is InChI=1S/C23H24N4O3/c1-26-13-18(27-22(23(26)29)19(28)14-30-12-11-25-27)20-17-7-3-2-5-15(17)8-9-16-6-4-10-24-21(16)20/h2-7,10-11,18,20,28H,8-9,12-14H2,1H3/b22-19+,25-11-/t18-,20?/m0/s1. The average Bonchev–Trinajstić information content (AvgIpc) is 2.91. The maximum absolute atomic E-state index is 12.9. The number of ether oxygens (including phenoxy) is 1. The van der Waals surface area contributed by atoms with E-state index in [1.54, 1.807) is 23.2 Å². The molecule has 1 aliphatic carbocycles. The lowest BCUT2D eigenvalue weighted by Crippen LogP contribution is -2.54. The Balaban J connectivity index is 1.71. The van der Waals surface area contributed by atoms with Crippen molar-refractivity contribution in [3.63, 3.8) is 0 Å². The Labute approximate surface area is 175 Å². The van der Waals surface area contributed by atoms with Gasteiger partial charge in [0.05, 0.1) is 30.5 Å². The first-order chi connectivity index (χ1) is 14.6. The molecule has 1 amide bonds. The normalized spacial score (nSPS) is 27.3. The molecule has 3 heterocycles. The van der Waals surface area contributed by atoms with Crippen molar-refractivity contribution < 1.29 is 14.6 Å². The van der Waals surface area contributed by atoms with Gasteiger partial charge in [0, 0.05) is 19.8 Å². The summed E-state index contributed by atoms with van der Waals surface area (Å²) in [5.41, 5.74) is 4.91. The second-order valence-electron chi connectivity index (χ2n) is 7.93. The summed E-state index contributed by atoms with van der Waals surface area (Å²) < 4.78 is 5.37. The molecule has 3 aliphatic rings. The molecule has 2 aliphatic heterocycles. The molecule has 0 spiro atoms. The molecular weight excluding hydrogens is 380 g/mol. The lowest BCUT2D eigenvalue weighted by atomic mass is 9.83. The molecule has 154 valence electrons. The van der Waals surface area contributed by atoms with Crippen LogP contribution in [-0.2, 0) is 22.4 Å². The maximum atomic E-state index is 12.9. The maximum Gasteiger partial charge on any atom is 0.275 e. The van der Waals surface area contributed by atoms with Crippen LogP contribution in [0.1, 0.15) is 28.3 Å². The Kier molecular flexibility index (Phi) is 4.75. The number of pyridine rings is 1. The number of hydrogen-bond acceptors (Lipinski definition) is 6. The van der Waals surface area contributed by atoms with Gasteiger partial charge >= 0.3 is 0 Å². The quantitative estimate of drug-likeness (QED) is 0.789. The molecule has 7 heteroatoms. The van der Waals surface area contributed by atoms with E-state index in [2.05, 4.69) is 35.4 Å². The van der Waals surface area contributed by atoms with E-state index in [0.717, 1.165) is 18.5 Å². The molecule has 1 fully saturated rings. The number of aryl methyl sites for hydroxylation is 2. The molecule has 1 unspecified atom stereocenters. The Hall–Kier alpha value is -3.19. The first kappa shape index (κ1) is 18.8. The van der Waals surface area contributed by atoms with Crippen molar-refractivity contribution in [3.8, 4) is 0 Å². The predicted molar refractivity (Wildman–Crippen MR) is 112 cm³/mol. The highest BCUT2D eigenvalue weighted by molar-refractivity contribution is 5.94. The number of hydrazone groups is 1. The third-order valence-electron chi connectivity index (χ3n) is 6.12. The van der Waals surface area contributed by atoms with E-state index in [-0.39, 0.29) is 42.5 Å². The number of amides is 1. The summed E-state index contributed by atoms with van der Waals surface area (Å²) in [6, 6.07) is 12.4. The van der Waals surface area contributed by atoms with E-state index in [9.17, 15) is 9.90 Å². The number of carbonyl (C=O) groups is 1. The minimum Gasteiger partial charge on any atom is -0.507 e. The smallest absolute Gasteiger partial charge is 0.275 e. The van der Waals surface area contributed by atoms with Crippen LogP contribution in [0.25, 0.3) is 0 Å². The summed E-state index contributed by atoms with van der Waals surface area (Å²) in [4.78, 5) is 19.4. The van der Waals surface area contributed by atoms with E-state index < -0.39 is 0 Å². The molecule has 2 aromatic rings. The molecule has 5 rings (SSSR count). The third-order valence-corrected chi connectivity index (χ3v) is 6.12. The van der Waals surface area contributed by atoms with Gasteiger partial charge in [-0.05, 0) is 35.6 Å². The van der Waals surface area contributed by atoms with E-state index in [1.165, 1.54) is 16.7 Å². The van der Waals surface area contributed by atoms with Gasteiger partial charge in [-0.2, -0.15) is 5.10 Å². The number of aliphatic hydroxyl groups excluding tert-OH is 1. The van der Waals surface area contributed by atoms with Crippen LogP contribution in [0.4, 0.5) is 0 Å². The SMILES string of the molecule is CN1C[C@@H](C2c3ccccc3CCc3cccnc32)N2/N=C\COC/C(O)=C\2C1=O. The number of carbonyl (C=O) groups excluding carboxylic acids is 1. The van der Waals surface area contributed by atoms with E-state index in [0.29, 0.717) is 6.54 Å². The topological polar surface area (TPSA) is 78.3 Å². The van der Waals surface area contributed by atoms with Crippen LogP contribution in [0.15, 0.2) is 59.2 Å². The molecule has 1 N–H and O–H groups in total. The lowest BCUT2D eigenvalue weighted by Gasteiger charge is -2.43. The van der Waals surface area contributed by atoms with Crippen molar-refractivity contribution >= 4 is 12.1 Å². The second-order valence-corrected chi connectivity index (χ2v) is 7.93. The molecule has 0 radical (unpaired) electrons. The third kappa shape index (κ3) is 3.06. The number of benzene rings is 1. The van der Waals surface area contributed by atoms with E-state index >= 15 is 0 Å². The van der Waals surface area contributed by atoms with Gasteiger partial charge in [0.1, 0.15) is 12.4 Å². The molecule has 7 nitrogen and oxygen atoms in total. The highest BCUT2D eigenvalue weighted by Gasteiger charge is 2.44. The number of likely N-dealkylation sites (N-methyl/N-ethyl adjacent to an activating group) is 1. The number of piperazine rings is 1. The Bertz CT molecular complexity index is 1000. The zero-order chi connectivity index (χ0) is 20.7. The average molecular weight is 404 g/mol. The van der Waals surface area contributed by atoms with Gasteiger partial charge in [-0.15, -0.1) is 0 Å². The van der Waals surface area contributed by atoms with E-state index in [4.69, 9.17) is 9.72 Å². The summed E-state index contributed by atoms with van der Waals surface area (Å²) in [6.07, 6.45) is 5.34. The van der Waals surface area contributed by atoms with Crippen LogP contribution in [0, 0.1) is 0 Å². The molecule has 2 atom stereocenters. The van der Waals surface area contributed by atoms with E-state index in [1.807, 2.05) is 12.3 Å². The van der Waals surface area contributed by atoms with Crippen LogP contribution < -0.4 is 0 Å². The first-order valence-electron chi connectivity index (χ1n) is 10.2. The minimum atomic E-state index is -0.255. The van der Waals surface area contributed by atoms with Gasteiger partial charge in [-0.1, -0.05) is 30.3 Å². The van der Waals surface area contributed by atoms with Gasteiger partial charge in [0.2, 0.25) is 0 Å². The number of aromatic nitrogens is 1. The van der Waals surface area contributed by atoms with Crippen molar-refractivity contribution in [1.29, 1.82) is 0 Å². The number of nitrogens with zero attached hydrogens (tertiary/aromatic N) is 4. The highest BCUT2D eigenvalue weighted by atomic mass is 16.5. The molecule has 1 saturated heterocycles. The minimum absolute atomic E-state index is 0.0136. The molecule has 0 bridgehead atoms. The van der Waals surface area contributed by atoms with Crippen LogP contribution in [-0.4, -0.2) is 65.0 Å². The van der Waals surface area contributed by atoms with Crippen LogP contribution in [0.5, 0.6) is 0 Å². The van der Waals surface area contributed by atoms with Crippen molar-refractivity contribution in [1.82, 2.24) is 14.9 Å². The zero-order valence-electron chi connectivity index (χ0n) is 16.9. The van der Waals surface area contributed by atoms with Gasteiger partial charge in [-0.3, -0.25) is 14.8 Å². The summed E-state index contributed by atoms with van der Waals surface area (Å²) in [7, 11) is 1.76. The summed E-state index contributed by atoms with van der Waals surface area (Å²) in [6.45, 7) is 0.740. The van der Waals surface area contributed by atoms with Gasteiger partial charge in [-0.25, -0.2) is 0 Å². The van der Waals surface area contributed by atoms with Crippen molar-refractivity contribution in [2.45, 2.75) is 24.8 Å². The van der Waals surface area contributed by atoms with Gasteiger partial charge < -0.3 is 14.7 Å². The van der Waals surface area contributed by atoms with Crippen molar-refractivity contribution in [2.75, 3.05) is 26.8 Å². The summed E-state index contributed by atoms with van der Waals surface area (Å²) >= 11 is 0. The number of fused-ring (bicyclic) bond motifs is 3. The molecule has 30 heavy (non-hydrogen) atoms. The second kappa shape index (κ2) is 7.57. The number of hydrogen-bond donors (Lipinski definition) is 1. The van der Waals surface area contributed by atoms with Crippen LogP contribution in [0.3, 0.4) is 0 Å². The fourth-order valence-electron chi connectivity index (χ4n) is 4.74. The Morgan fingerprint density at radius 2 is 1.93 bits per heavy atom. The number of aliphatic hydroxyl groups is 1. The summed E-state index contributed by atoms with van der Waals surface area (Å²) in [5, 5.41) is 16.9. The Morgan fingerprint density at radius 1 is 1.13 bits per heavy atom. The molecule has 1 aromatic carbocycles. The van der Waals surface area contributed by atoms with Crippen LogP contribution in [0.2, 0.25) is 0 Å². The van der Waals surface area contributed by atoms with Crippen LogP contribution >= 0.6 is 0 Å². The summed E-state index contributed by atoms with van der Waals surface area (Å²) in [5.74, 6) is -0.429. The van der Waals surface area contributed by atoms with Crippen molar-refractivity contribution in [3.05, 3.63) is 76.4 Å².